The summed E-state index contributed by atoms with van der Waals surface area (Å²) in [7, 11) is 0. The maximum absolute atomic E-state index is 13.8. The first-order valence-electron chi connectivity index (χ1n) is 8.62. The SMILES string of the molecule is CCOc1ccc(C2(C)NC(=O)N(CC(=O)c3ccc(F)cc3F)C2=O)cc1. The summed E-state index contributed by atoms with van der Waals surface area (Å²) >= 11 is 0. The van der Waals surface area contributed by atoms with Gasteiger partial charge in [-0.15, -0.1) is 0 Å². The Balaban J connectivity index is 1.81. The first kappa shape index (κ1) is 19.5. The van der Waals surface area contributed by atoms with E-state index in [1.807, 2.05) is 6.92 Å². The fourth-order valence-electron chi connectivity index (χ4n) is 3.03. The van der Waals surface area contributed by atoms with Crippen molar-refractivity contribution in [2.45, 2.75) is 19.4 Å². The fraction of sp³-hybridized carbons (Fsp3) is 0.250. The Morgan fingerprint density at radius 1 is 1.14 bits per heavy atom. The number of halogens is 2. The number of carbonyl (C=O) groups excluding carboxylic acids is 3. The first-order valence-corrected chi connectivity index (χ1v) is 8.62. The third kappa shape index (κ3) is 3.45. The largest absolute Gasteiger partial charge is 0.494 e. The van der Waals surface area contributed by atoms with Gasteiger partial charge in [-0.1, -0.05) is 12.1 Å². The van der Waals surface area contributed by atoms with Crippen LogP contribution in [0.5, 0.6) is 5.75 Å². The minimum Gasteiger partial charge on any atom is -0.494 e. The number of Topliss-reactive ketones (excluding diaryl/α,β-unsaturated/α-hetero) is 1. The second-order valence-electron chi connectivity index (χ2n) is 6.45. The molecule has 1 unspecified atom stereocenters. The molecule has 2 aromatic rings. The van der Waals surface area contributed by atoms with Crippen molar-refractivity contribution in [2.75, 3.05) is 13.2 Å². The van der Waals surface area contributed by atoms with Gasteiger partial charge in [-0.25, -0.2) is 13.6 Å². The van der Waals surface area contributed by atoms with E-state index in [1.165, 1.54) is 6.92 Å². The zero-order valence-corrected chi connectivity index (χ0v) is 15.3. The molecule has 0 saturated carbocycles. The highest BCUT2D eigenvalue weighted by Gasteiger charge is 2.49. The van der Waals surface area contributed by atoms with E-state index >= 15 is 0 Å². The van der Waals surface area contributed by atoms with Gasteiger partial charge in [0, 0.05) is 6.07 Å². The van der Waals surface area contributed by atoms with E-state index in [4.69, 9.17) is 4.74 Å². The van der Waals surface area contributed by atoms with Gasteiger partial charge in [0.05, 0.1) is 18.7 Å². The van der Waals surface area contributed by atoms with Gasteiger partial charge < -0.3 is 10.1 Å². The highest BCUT2D eigenvalue weighted by Crippen LogP contribution is 2.30. The summed E-state index contributed by atoms with van der Waals surface area (Å²) in [5.41, 5.74) is -1.25. The molecule has 1 saturated heterocycles. The lowest BCUT2D eigenvalue weighted by Crippen LogP contribution is -2.41. The number of benzene rings is 2. The topological polar surface area (TPSA) is 75.7 Å². The third-order valence-electron chi connectivity index (χ3n) is 4.55. The van der Waals surface area contributed by atoms with E-state index in [2.05, 4.69) is 5.32 Å². The zero-order valence-electron chi connectivity index (χ0n) is 15.3. The van der Waals surface area contributed by atoms with E-state index in [0.717, 1.165) is 17.0 Å². The van der Waals surface area contributed by atoms with Crippen LogP contribution < -0.4 is 10.1 Å². The number of ether oxygens (including phenoxy) is 1. The van der Waals surface area contributed by atoms with Crippen LogP contribution in [0.4, 0.5) is 13.6 Å². The molecule has 2 aromatic carbocycles. The number of nitrogens with one attached hydrogen (secondary N) is 1. The number of nitrogens with zero attached hydrogens (tertiary/aromatic N) is 1. The van der Waals surface area contributed by atoms with Crippen LogP contribution in [0, 0.1) is 11.6 Å². The number of ketones is 1. The van der Waals surface area contributed by atoms with E-state index in [1.54, 1.807) is 24.3 Å². The Kier molecular flexibility index (Phi) is 5.13. The van der Waals surface area contributed by atoms with Gasteiger partial charge >= 0.3 is 6.03 Å². The molecule has 1 heterocycles. The number of urea groups is 1. The summed E-state index contributed by atoms with van der Waals surface area (Å²) in [6.45, 7) is 3.20. The van der Waals surface area contributed by atoms with Crippen LogP contribution in [0.1, 0.15) is 29.8 Å². The van der Waals surface area contributed by atoms with Crippen LogP contribution in [0.3, 0.4) is 0 Å². The molecule has 146 valence electrons. The van der Waals surface area contributed by atoms with E-state index in [-0.39, 0.29) is 0 Å². The lowest BCUT2D eigenvalue weighted by atomic mass is 9.92. The Morgan fingerprint density at radius 2 is 1.82 bits per heavy atom. The summed E-state index contributed by atoms with van der Waals surface area (Å²) in [5.74, 6) is -2.71. The third-order valence-corrected chi connectivity index (χ3v) is 4.55. The molecule has 1 fully saturated rings. The minimum atomic E-state index is -1.37. The molecule has 0 aliphatic carbocycles. The molecule has 6 nitrogen and oxygen atoms in total. The summed E-state index contributed by atoms with van der Waals surface area (Å²) in [4.78, 5) is 38.2. The maximum atomic E-state index is 13.8. The van der Waals surface area contributed by atoms with Gasteiger partial charge in [-0.05, 0) is 43.7 Å². The van der Waals surface area contributed by atoms with Gasteiger partial charge in [0.1, 0.15) is 22.9 Å². The molecule has 28 heavy (non-hydrogen) atoms. The number of amides is 3. The summed E-state index contributed by atoms with van der Waals surface area (Å²) in [6.07, 6.45) is 0. The maximum Gasteiger partial charge on any atom is 0.325 e. The smallest absolute Gasteiger partial charge is 0.325 e. The van der Waals surface area contributed by atoms with Gasteiger partial charge in [0.15, 0.2) is 5.78 Å². The second-order valence-corrected chi connectivity index (χ2v) is 6.45. The standard InChI is InChI=1S/C20H18F2N2O4/c1-3-28-14-7-4-12(5-8-14)20(2)18(26)24(19(27)23-20)11-17(25)15-9-6-13(21)10-16(15)22/h4-10H,3,11H2,1-2H3,(H,23,27). The average Bonchev–Trinajstić information content (AvgIpc) is 2.86. The summed E-state index contributed by atoms with van der Waals surface area (Å²) < 4.78 is 32.2. The van der Waals surface area contributed by atoms with Crippen LogP contribution in [0.15, 0.2) is 42.5 Å². The Labute approximate surface area is 160 Å². The predicted molar refractivity (Wildman–Crippen MR) is 95.9 cm³/mol. The van der Waals surface area contributed by atoms with Crippen molar-refractivity contribution in [3.63, 3.8) is 0 Å². The average molecular weight is 388 g/mol. The molecule has 1 aliphatic heterocycles. The quantitative estimate of drug-likeness (QED) is 0.610. The first-order chi connectivity index (χ1) is 13.3. The Bertz CT molecular complexity index is 946. The van der Waals surface area contributed by atoms with Gasteiger partial charge in [0.2, 0.25) is 0 Å². The van der Waals surface area contributed by atoms with Gasteiger partial charge in [-0.3, -0.25) is 14.5 Å². The second kappa shape index (κ2) is 7.38. The van der Waals surface area contributed by atoms with Crippen molar-refractivity contribution in [1.82, 2.24) is 10.2 Å². The van der Waals surface area contributed by atoms with Crippen molar-refractivity contribution < 1.29 is 27.9 Å². The normalized spacial score (nSPS) is 18.9. The van der Waals surface area contributed by atoms with Crippen molar-refractivity contribution >= 4 is 17.7 Å². The number of imide groups is 1. The molecular weight excluding hydrogens is 370 g/mol. The molecule has 0 aromatic heterocycles. The molecule has 0 bridgehead atoms. The zero-order chi connectivity index (χ0) is 20.5. The minimum absolute atomic E-state index is 0.392. The number of carbonyl (C=O) groups is 3. The number of hydrogen-bond donors (Lipinski definition) is 1. The van der Waals surface area contributed by atoms with E-state index in [9.17, 15) is 23.2 Å². The van der Waals surface area contributed by atoms with E-state index < -0.39 is 47.0 Å². The van der Waals surface area contributed by atoms with Gasteiger partial charge in [-0.2, -0.15) is 0 Å². The molecule has 1 atom stereocenters. The lowest BCUT2D eigenvalue weighted by Gasteiger charge is -2.22. The van der Waals surface area contributed by atoms with Crippen molar-refractivity contribution in [3.8, 4) is 5.75 Å². The van der Waals surface area contributed by atoms with Crippen LogP contribution in [0.25, 0.3) is 0 Å². The van der Waals surface area contributed by atoms with Crippen molar-refractivity contribution in [1.29, 1.82) is 0 Å². The molecule has 0 spiro atoms. The molecule has 1 N–H and O–H groups in total. The van der Waals surface area contributed by atoms with Crippen molar-refractivity contribution in [3.05, 3.63) is 65.2 Å². The molecule has 0 radical (unpaired) electrons. The van der Waals surface area contributed by atoms with Crippen LogP contribution in [0.2, 0.25) is 0 Å². The molecule has 3 rings (SSSR count). The number of rotatable bonds is 6. The molecule has 1 aliphatic rings. The predicted octanol–water partition coefficient (Wildman–Crippen LogP) is 3.01. The molecule has 3 amide bonds. The molecule has 8 heteroatoms. The summed E-state index contributed by atoms with van der Waals surface area (Å²) in [6, 6.07) is 8.36. The van der Waals surface area contributed by atoms with E-state index in [0.29, 0.717) is 24.0 Å². The monoisotopic (exact) mass is 388 g/mol. The lowest BCUT2D eigenvalue weighted by molar-refractivity contribution is -0.130. The Hall–Kier alpha value is -3.29. The Morgan fingerprint density at radius 3 is 2.43 bits per heavy atom. The number of hydrogen-bond acceptors (Lipinski definition) is 4. The van der Waals surface area contributed by atoms with Crippen LogP contribution >= 0.6 is 0 Å². The van der Waals surface area contributed by atoms with Gasteiger partial charge in [0.25, 0.3) is 5.91 Å². The summed E-state index contributed by atoms with van der Waals surface area (Å²) in [5, 5.41) is 2.57. The van der Waals surface area contributed by atoms with Crippen LogP contribution in [-0.2, 0) is 10.3 Å². The molecular formula is C20H18F2N2O4. The highest BCUT2D eigenvalue weighted by atomic mass is 19.1. The highest BCUT2D eigenvalue weighted by molar-refractivity contribution is 6.11. The van der Waals surface area contributed by atoms with Crippen LogP contribution in [-0.4, -0.2) is 35.8 Å². The fourth-order valence-corrected chi connectivity index (χ4v) is 3.03. The van der Waals surface area contributed by atoms with Crippen molar-refractivity contribution in [2.24, 2.45) is 0 Å².